The number of carbonyl (C=O) groups is 2. The summed E-state index contributed by atoms with van der Waals surface area (Å²) in [4.78, 5) is 24.8. The summed E-state index contributed by atoms with van der Waals surface area (Å²) in [5, 5.41) is 3.93. The summed E-state index contributed by atoms with van der Waals surface area (Å²) in [6.45, 7) is 0. The Bertz CT molecular complexity index is 398. The molecule has 15 heavy (non-hydrogen) atoms. The summed E-state index contributed by atoms with van der Waals surface area (Å²) in [5.74, 6) is -0.280. The summed E-state index contributed by atoms with van der Waals surface area (Å²) in [5.41, 5.74) is 0.743. The number of hydrogen-bond acceptors (Lipinski definition) is 3. The third-order valence-corrected chi connectivity index (χ3v) is 2.65. The lowest BCUT2D eigenvalue weighted by atomic mass is 10.2. The molecule has 0 fully saturated rings. The maximum Gasteiger partial charge on any atom is 0.257 e. The summed E-state index contributed by atoms with van der Waals surface area (Å²) >= 11 is 1.97. The molecule has 0 aromatic carbocycles. The second-order valence-corrected chi connectivity index (χ2v) is 4.05. The highest BCUT2D eigenvalue weighted by Gasteiger charge is 2.21. The Morgan fingerprint density at radius 3 is 2.60 bits per heavy atom. The highest BCUT2D eigenvalue weighted by molar-refractivity contribution is 14.1. The van der Waals surface area contributed by atoms with Gasteiger partial charge in [0.15, 0.2) is 5.78 Å². The van der Waals surface area contributed by atoms with Crippen molar-refractivity contribution in [2.75, 3.05) is 18.5 Å². The van der Waals surface area contributed by atoms with Crippen LogP contribution in [0.25, 0.3) is 0 Å². The lowest BCUT2D eigenvalue weighted by Gasteiger charge is -2.09. The van der Waals surface area contributed by atoms with Gasteiger partial charge in [-0.2, -0.15) is 5.10 Å². The van der Waals surface area contributed by atoms with Gasteiger partial charge < -0.3 is 4.90 Å². The van der Waals surface area contributed by atoms with E-state index in [1.165, 1.54) is 15.8 Å². The van der Waals surface area contributed by atoms with Gasteiger partial charge in [0.1, 0.15) is 5.69 Å². The second-order valence-electron chi connectivity index (χ2n) is 3.29. The molecule has 0 bridgehead atoms. The number of ketones is 1. The van der Waals surface area contributed by atoms with E-state index in [0.717, 1.165) is 0 Å². The third-order valence-electron chi connectivity index (χ3n) is 1.96. The first kappa shape index (κ1) is 12.2. The molecule has 1 amide bonds. The molecular weight excluding hydrogens is 309 g/mol. The van der Waals surface area contributed by atoms with E-state index in [-0.39, 0.29) is 11.7 Å². The van der Waals surface area contributed by atoms with E-state index >= 15 is 0 Å². The molecule has 0 radical (unpaired) electrons. The number of Topliss-reactive ketones (excluding diaryl/α,β-unsaturated/α-hetero) is 1. The molecule has 0 saturated carbocycles. The molecule has 1 heterocycles. The van der Waals surface area contributed by atoms with Crippen LogP contribution in [0, 0.1) is 0 Å². The van der Waals surface area contributed by atoms with Gasteiger partial charge in [-0.05, 0) is 0 Å². The van der Waals surface area contributed by atoms with Crippen LogP contribution in [-0.4, -0.2) is 44.9 Å². The van der Waals surface area contributed by atoms with Crippen LogP contribution in [0.15, 0.2) is 6.20 Å². The summed E-state index contributed by atoms with van der Waals surface area (Å²) < 4.78 is 1.78. The van der Waals surface area contributed by atoms with Crippen molar-refractivity contribution in [3.63, 3.8) is 0 Å². The Morgan fingerprint density at radius 1 is 1.53 bits per heavy atom. The number of amides is 1. The lowest BCUT2D eigenvalue weighted by molar-refractivity contribution is 0.0821. The minimum Gasteiger partial charge on any atom is -0.345 e. The predicted molar refractivity (Wildman–Crippen MR) is 64.4 cm³/mol. The van der Waals surface area contributed by atoms with Gasteiger partial charge in [-0.1, -0.05) is 22.6 Å². The zero-order valence-electron chi connectivity index (χ0n) is 8.82. The normalized spacial score (nSPS) is 10.1. The van der Waals surface area contributed by atoms with E-state index in [2.05, 4.69) is 5.10 Å². The SMILES string of the molecule is CN(C)C(=O)c1cnn(C)c1C(=O)CI. The molecule has 6 heteroatoms. The fraction of sp³-hybridized carbons (Fsp3) is 0.444. The maximum absolute atomic E-state index is 11.7. The zero-order chi connectivity index (χ0) is 11.6. The van der Waals surface area contributed by atoms with Crippen LogP contribution in [0.1, 0.15) is 20.8 Å². The number of carbonyl (C=O) groups excluding carboxylic acids is 2. The fourth-order valence-electron chi connectivity index (χ4n) is 1.23. The van der Waals surface area contributed by atoms with Crippen LogP contribution in [0.5, 0.6) is 0 Å². The van der Waals surface area contributed by atoms with Crippen LogP contribution in [0.2, 0.25) is 0 Å². The molecule has 1 aromatic rings. The number of aromatic nitrogens is 2. The number of nitrogens with zero attached hydrogens (tertiary/aromatic N) is 3. The van der Waals surface area contributed by atoms with Gasteiger partial charge in [0.2, 0.25) is 0 Å². The molecule has 82 valence electrons. The Morgan fingerprint density at radius 2 is 2.13 bits per heavy atom. The Hall–Kier alpha value is -0.920. The average Bonchev–Trinajstić information content (AvgIpc) is 2.57. The third kappa shape index (κ3) is 2.36. The number of rotatable bonds is 3. The number of halogens is 1. The number of alkyl halides is 1. The second kappa shape index (κ2) is 4.73. The van der Waals surface area contributed by atoms with Gasteiger partial charge in [-0.3, -0.25) is 14.3 Å². The largest absolute Gasteiger partial charge is 0.345 e. The fourth-order valence-corrected chi connectivity index (χ4v) is 1.59. The van der Waals surface area contributed by atoms with Crippen molar-refractivity contribution in [2.45, 2.75) is 0 Å². The van der Waals surface area contributed by atoms with Crippen molar-refractivity contribution >= 4 is 34.3 Å². The van der Waals surface area contributed by atoms with E-state index in [1.807, 2.05) is 22.6 Å². The van der Waals surface area contributed by atoms with Crippen molar-refractivity contribution in [3.8, 4) is 0 Å². The van der Waals surface area contributed by atoms with Gasteiger partial charge >= 0.3 is 0 Å². The van der Waals surface area contributed by atoms with E-state index in [1.54, 1.807) is 21.1 Å². The van der Waals surface area contributed by atoms with Gasteiger partial charge in [0.25, 0.3) is 5.91 Å². The van der Waals surface area contributed by atoms with Crippen molar-refractivity contribution in [1.82, 2.24) is 14.7 Å². The molecule has 0 unspecified atom stereocenters. The van der Waals surface area contributed by atoms with Crippen LogP contribution in [0.4, 0.5) is 0 Å². The molecule has 0 aliphatic rings. The summed E-state index contributed by atoms with van der Waals surface area (Å²) in [6.07, 6.45) is 1.43. The average molecular weight is 321 g/mol. The van der Waals surface area contributed by atoms with Crippen LogP contribution < -0.4 is 0 Å². The van der Waals surface area contributed by atoms with E-state index in [0.29, 0.717) is 15.7 Å². The summed E-state index contributed by atoms with van der Waals surface area (Å²) in [7, 11) is 4.95. The highest BCUT2D eigenvalue weighted by atomic mass is 127. The molecule has 1 rings (SSSR count). The maximum atomic E-state index is 11.7. The van der Waals surface area contributed by atoms with Crippen LogP contribution in [0.3, 0.4) is 0 Å². The standard InChI is InChI=1S/C9H12IN3O2/c1-12(2)9(15)6-5-11-13(3)8(6)7(14)4-10/h5H,4H2,1-3H3. The molecule has 0 atom stereocenters. The van der Waals surface area contributed by atoms with Crippen LogP contribution in [-0.2, 0) is 7.05 Å². The van der Waals surface area contributed by atoms with Crippen molar-refractivity contribution in [1.29, 1.82) is 0 Å². The minimum absolute atomic E-state index is 0.0826. The van der Waals surface area contributed by atoms with Crippen molar-refractivity contribution in [3.05, 3.63) is 17.5 Å². The van der Waals surface area contributed by atoms with Crippen LogP contribution >= 0.6 is 22.6 Å². The molecule has 0 aliphatic carbocycles. The zero-order valence-corrected chi connectivity index (χ0v) is 11.0. The molecule has 5 nitrogen and oxygen atoms in total. The summed E-state index contributed by atoms with van der Waals surface area (Å²) in [6, 6.07) is 0. The quantitative estimate of drug-likeness (QED) is 0.469. The van der Waals surface area contributed by atoms with Gasteiger partial charge in [-0.15, -0.1) is 0 Å². The minimum atomic E-state index is -0.198. The van der Waals surface area contributed by atoms with Crippen molar-refractivity contribution in [2.24, 2.45) is 7.05 Å². The molecule has 0 saturated heterocycles. The van der Waals surface area contributed by atoms with Crippen molar-refractivity contribution < 1.29 is 9.59 Å². The lowest BCUT2D eigenvalue weighted by Crippen LogP contribution is -2.24. The van der Waals surface area contributed by atoms with E-state index < -0.39 is 0 Å². The Kier molecular flexibility index (Phi) is 3.83. The molecule has 0 aliphatic heterocycles. The predicted octanol–water partition coefficient (Wildman–Crippen LogP) is 0.740. The van der Waals surface area contributed by atoms with E-state index in [9.17, 15) is 9.59 Å². The van der Waals surface area contributed by atoms with Gasteiger partial charge in [-0.25, -0.2) is 0 Å². The van der Waals surface area contributed by atoms with Gasteiger partial charge in [0, 0.05) is 21.1 Å². The Labute approximate surface area is 102 Å². The molecule has 0 N–H and O–H groups in total. The molecule has 1 aromatic heterocycles. The number of aryl methyl sites for hydroxylation is 1. The van der Waals surface area contributed by atoms with Gasteiger partial charge in [0.05, 0.1) is 16.2 Å². The topological polar surface area (TPSA) is 55.2 Å². The Balaban J connectivity index is 3.20. The molecule has 0 spiro atoms. The molecular formula is C9H12IN3O2. The number of hydrogen-bond donors (Lipinski definition) is 0. The first-order chi connectivity index (χ1) is 6.99. The first-order valence-electron chi connectivity index (χ1n) is 4.31. The van der Waals surface area contributed by atoms with E-state index in [4.69, 9.17) is 0 Å². The monoisotopic (exact) mass is 321 g/mol. The first-order valence-corrected chi connectivity index (χ1v) is 5.84. The smallest absolute Gasteiger partial charge is 0.257 e. The highest BCUT2D eigenvalue weighted by Crippen LogP contribution is 2.11.